The van der Waals surface area contributed by atoms with E-state index in [9.17, 15) is 14.4 Å². The Morgan fingerprint density at radius 2 is 1.97 bits per heavy atom. The number of fused-ring (bicyclic) bond motifs is 1. The van der Waals surface area contributed by atoms with E-state index in [1.165, 1.54) is 4.57 Å². The molecule has 1 aromatic carbocycles. The maximum Gasteiger partial charge on any atom is 0.330 e. The molecule has 0 spiro atoms. The predicted octanol–water partition coefficient (Wildman–Crippen LogP) is 1.28. The third kappa shape index (κ3) is 3.93. The predicted molar refractivity (Wildman–Crippen MR) is 109 cm³/mol. The van der Waals surface area contributed by atoms with Crippen molar-refractivity contribution in [2.75, 3.05) is 6.61 Å². The third-order valence-corrected chi connectivity index (χ3v) is 4.57. The summed E-state index contributed by atoms with van der Waals surface area (Å²) in [6.45, 7) is 2.60. The second-order valence-electron chi connectivity index (χ2n) is 6.66. The first-order chi connectivity index (χ1) is 14.5. The molecule has 0 aliphatic carbocycles. The Balaban J connectivity index is 1.65. The SMILES string of the molecule is CCOC(=O)CCn1c(=O)[nH]c(=O)c2[nH]c(-c3cnn(Cc4ccccc4)c3)nc21. The monoisotopic (exact) mass is 408 g/mol. The van der Waals surface area contributed by atoms with Gasteiger partial charge in [0.1, 0.15) is 11.3 Å². The van der Waals surface area contributed by atoms with Crippen LogP contribution in [0.25, 0.3) is 22.6 Å². The lowest BCUT2D eigenvalue weighted by Gasteiger charge is -2.05. The molecule has 0 saturated heterocycles. The minimum Gasteiger partial charge on any atom is -0.466 e. The highest BCUT2D eigenvalue weighted by molar-refractivity contribution is 5.75. The lowest BCUT2D eigenvalue weighted by molar-refractivity contribution is -0.143. The van der Waals surface area contributed by atoms with Gasteiger partial charge in [0.05, 0.1) is 31.3 Å². The standard InChI is InChI=1S/C20H20N6O4/c1-2-30-15(27)8-9-26-18-16(19(28)24-20(26)29)22-17(23-18)14-10-21-25(12-14)11-13-6-4-3-5-7-13/h3-7,10,12H,2,8-9,11H2,1H3,(H,22,23)(H,24,28,29). The van der Waals surface area contributed by atoms with Crippen LogP contribution in [0.1, 0.15) is 18.9 Å². The summed E-state index contributed by atoms with van der Waals surface area (Å²) in [6, 6.07) is 9.88. The quantitative estimate of drug-likeness (QED) is 0.444. The summed E-state index contributed by atoms with van der Waals surface area (Å²) in [5, 5.41) is 4.34. The van der Waals surface area contributed by atoms with E-state index >= 15 is 0 Å². The van der Waals surface area contributed by atoms with Crippen molar-refractivity contribution in [1.29, 1.82) is 0 Å². The number of aromatic amines is 2. The number of nitrogens with zero attached hydrogens (tertiary/aromatic N) is 4. The molecule has 4 aromatic rings. The summed E-state index contributed by atoms with van der Waals surface area (Å²) in [7, 11) is 0. The Bertz CT molecular complexity index is 1300. The number of aromatic nitrogens is 6. The second-order valence-corrected chi connectivity index (χ2v) is 6.66. The summed E-state index contributed by atoms with van der Waals surface area (Å²) >= 11 is 0. The van der Waals surface area contributed by atoms with E-state index in [2.05, 4.69) is 20.1 Å². The Morgan fingerprint density at radius 3 is 2.73 bits per heavy atom. The first-order valence-corrected chi connectivity index (χ1v) is 9.50. The van der Waals surface area contributed by atoms with Crippen LogP contribution in [0.15, 0.2) is 52.3 Å². The van der Waals surface area contributed by atoms with Crippen LogP contribution in [-0.2, 0) is 22.6 Å². The molecule has 0 fully saturated rings. The molecule has 3 heterocycles. The van der Waals surface area contributed by atoms with E-state index in [4.69, 9.17) is 4.74 Å². The number of hydrogen-bond donors (Lipinski definition) is 2. The number of carbonyl (C=O) groups is 1. The van der Waals surface area contributed by atoms with Gasteiger partial charge in [0.15, 0.2) is 5.65 Å². The lowest BCUT2D eigenvalue weighted by Crippen LogP contribution is -2.31. The summed E-state index contributed by atoms with van der Waals surface area (Å²) in [5.41, 5.74) is 0.905. The molecule has 4 rings (SSSR count). The zero-order chi connectivity index (χ0) is 21.1. The number of carbonyl (C=O) groups excluding carboxylic acids is 1. The van der Waals surface area contributed by atoms with Crippen LogP contribution < -0.4 is 11.2 Å². The third-order valence-electron chi connectivity index (χ3n) is 4.57. The van der Waals surface area contributed by atoms with Crippen molar-refractivity contribution in [3.8, 4) is 11.4 Å². The van der Waals surface area contributed by atoms with Crippen molar-refractivity contribution in [3.63, 3.8) is 0 Å². The molecular weight excluding hydrogens is 388 g/mol. The van der Waals surface area contributed by atoms with Gasteiger partial charge < -0.3 is 9.72 Å². The van der Waals surface area contributed by atoms with Gasteiger partial charge in [0, 0.05) is 12.7 Å². The number of hydrogen-bond acceptors (Lipinski definition) is 6. The van der Waals surface area contributed by atoms with Crippen molar-refractivity contribution < 1.29 is 9.53 Å². The maximum atomic E-state index is 12.3. The van der Waals surface area contributed by atoms with Gasteiger partial charge in [-0.2, -0.15) is 5.10 Å². The van der Waals surface area contributed by atoms with Crippen molar-refractivity contribution >= 4 is 17.1 Å². The number of imidazole rings is 1. The zero-order valence-electron chi connectivity index (χ0n) is 16.3. The fourth-order valence-electron chi connectivity index (χ4n) is 3.16. The van der Waals surface area contributed by atoms with Gasteiger partial charge in [-0.25, -0.2) is 9.78 Å². The van der Waals surface area contributed by atoms with Gasteiger partial charge >= 0.3 is 11.7 Å². The number of rotatable bonds is 7. The maximum absolute atomic E-state index is 12.3. The molecule has 0 amide bonds. The summed E-state index contributed by atoms with van der Waals surface area (Å²) in [6.07, 6.45) is 3.43. The van der Waals surface area contributed by atoms with Crippen LogP contribution in [0.4, 0.5) is 0 Å². The van der Waals surface area contributed by atoms with Crippen LogP contribution in [0.2, 0.25) is 0 Å². The number of aryl methyl sites for hydroxylation is 1. The highest BCUT2D eigenvalue weighted by Crippen LogP contribution is 2.18. The number of benzene rings is 1. The number of H-pyrrole nitrogens is 2. The van der Waals surface area contributed by atoms with Crippen molar-refractivity contribution in [2.45, 2.75) is 26.4 Å². The Kier molecular flexibility index (Phi) is 5.29. The summed E-state index contributed by atoms with van der Waals surface area (Å²) < 4.78 is 7.91. The smallest absolute Gasteiger partial charge is 0.330 e. The summed E-state index contributed by atoms with van der Waals surface area (Å²) in [5.74, 6) is -0.0213. The molecule has 0 saturated carbocycles. The molecule has 0 atom stereocenters. The Morgan fingerprint density at radius 1 is 1.17 bits per heavy atom. The minimum atomic E-state index is -0.630. The van der Waals surface area contributed by atoms with E-state index in [1.807, 2.05) is 30.3 Å². The molecule has 3 aromatic heterocycles. The lowest BCUT2D eigenvalue weighted by atomic mass is 10.2. The molecule has 30 heavy (non-hydrogen) atoms. The van der Waals surface area contributed by atoms with Crippen LogP contribution in [0.5, 0.6) is 0 Å². The number of esters is 1. The molecule has 0 aliphatic heterocycles. The molecule has 0 radical (unpaired) electrons. The van der Waals surface area contributed by atoms with E-state index in [1.54, 1.807) is 24.0 Å². The average molecular weight is 408 g/mol. The topological polar surface area (TPSA) is 128 Å². The second kappa shape index (κ2) is 8.19. The van der Waals surface area contributed by atoms with E-state index in [-0.39, 0.29) is 30.7 Å². The fraction of sp³-hybridized carbons (Fsp3) is 0.250. The van der Waals surface area contributed by atoms with Crippen LogP contribution >= 0.6 is 0 Å². The molecule has 0 unspecified atom stereocenters. The molecule has 10 nitrogen and oxygen atoms in total. The average Bonchev–Trinajstić information content (AvgIpc) is 3.36. The molecule has 10 heteroatoms. The molecule has 0 aliphatic rings. The molecule has 154 valence electrons. The van der Waals surface area contributed by atoms with Gasteiger partial charge in [-0.05, 0) is 12.5 Å². The van der Waals surface area contributed by atoms with Gasteiger partial charge in [0.2, 0.25) is 0 Å². The Hall–Kier alpha value is -3.95. The van der Waals surface area contributed by atoms with E-state index < -0.39 is 17.2 Å². The molecule has 2 N–H and O–H groups in total. The van der Waals surface area contributed by atoms with Gasteiger partial charge in [-0.1, -0.05) is 30.3 Å². The first-order valence-electron chi connectivity index (χ1n) is 9.50. The minimum absolute atomic E-state index is 0.00785. The fourth-order valence-corrected chi connectivity index (χ4v) is 3.16. The molecular formula is C20H20N6O4. The van der Waals surface area contributed by atoms with Crippen molar-refractivity contribution in [1.82, 2.24) is 29.3 Å². The van der Waals surface area contributed by atoms with Crippen LogP contribution in [0.3, 0.4) is 0 Å². The first kappa shape index (κ1) is 19.4. The summed E-state index contributed by atoms with van der Waals surface area (Å²) in [4.78, 5) is 45.8. The highest BCUT2D eigenvalue weighted by Gasteiger charge is 2.16. The Labute approximate surface area is 170 Å². The zero-order valence-corrected chi connectivity index (χ0v) is 16.3. The molecule has 0 bridgehead atoms. The van der Waals surface area contributed by atoms with Crippen molar-refractivity contribution in [3.05, 3.63) is 69.1 Å². The van der Waals surface area contributed by atoms with Gasteiger partial charge in [0.25, 0.3) is 5.56 Å². The van der Waals surface area contributed by atoms with Crippen LogP contribution in [0, 0.1) is 0 Å². The number of nitrogens with one attached hydrogen (secondary N) is 2. The highest BCUT2D eigenvalue weighted by atomic mass is 16.5. The normalized spacial score (nSPS) is 11.1. The number of ether oxygens (including phenoxy) is 1. The van der Waals surface area contributed by atoms with E-state index in [0.717, 1.165) is 5.56 Å². The van der Waals surface area contributed by atoms with E-state index in [0.29, 0.717) is 17.9 Å². The largest absolute Gasteiger partial charge is 0.466 e. The van der Waals surface area contributed by atoms with Gasteiger partial charge in [-0.3, -0.25) is 23.8 Å². The van der Waals surface area contributed by atoms with Crippen LogP contribution in [-0.4, -0.2) is 41.9 Å². The van der Waals surface area contributed by atoms with Gasteiger partial charge in [-0.15, -0.1) is 0 Å². The van der Waals surface area contributed by atoms with Crippen molar-refractivity contribution in [2.24, 2.45) is 0 Å².